The van der Waals surface area contributed by atoms with E-state index >= 15 is 0 Å². The maximum atomic E-state index is 14.5. The first kappa shape index (κ1) is 24.4. The molecule has 1 fully saturated rings. The van der Waals surface area contributed by atoms with Gasteiger partial charge in [0.1, 0.15) is 23.1 Å². The van der Waals surface area contributed by atoms with E-state index in [1.54, 1.807) is 6.07 Å². The van der Waals surface area contributed by atoms with Crippen LogP contribution >= 0.6 is 0 Å². The van der Waals surface area contributed by atoms with Crippen molar-refractivity contribution in [1.29, 1.82) is 0 Å². The third kappa shape index (κ3) is 5.37. The third-order valence-corrected chi connectivity index (χ3v) is 6.55. The molecule has 4 rings (SSSR count). The van der Waals surface area contributed by atoms with Crippen LogP contribution in [0.15, 0.2) is 48.8 Å². The SMILES string of the molecule is COc1cccc(F)c1-c1cncc(C(=O)Nc2cc(F)ccc2N2CCN(S(N)(=O)=O)CC2)n1. The lowest BCUT2D eigenvalue weighted by Crippen LogP contribution is -2.50. The molecule has 0 radical (unpaired) electrons. The standard InChI is InChI=1S/C22H22F2N6O4S/c1-34-20-4-2-3-15(24)21(20)17-12-26-13-18(27-17)22(31)28-16-11-14(23)5-6-19(16)29-7-9-30(10-8-29)35(25,32)33/h2-6,11-13H,7-10H2,1H3,(H,28,31)(H2,25,32,33). The molecule has 1 saturated heterocycles. The number of amides is 1. The first-order valence-electron chi connectivity index (χ1n) is 10.5. The molecule has 35 heavy (non-hydrogen) atoms. The number of aromatic nitrogens is 2. The first-order valence-corrected chi connectivity index (χ1v) is 12.0. The average molecular weight is 505 g/mol. The maximum absolute atomic E-state index is 14.5. The largest absolute Gasteiger partial charge is 0.496 e. The summed E-state index contributed by atoms with van der Waals surface area (Å²) in [6.07, 6.45) is 2.51. The summed E-state index contributed by atoms with van der Waals surface area (Å²) in [7, 11) is -2.43. The molecule has 1 aliphatic rings. The molecule has 10 nitrogen and oxygen atoms in total. The second-order valence-corrected chi connectivity index (χ2v) is 9.20. The van der Waals surface area contributed by atoms with Crippen LogP contribution in [0.25, 0.3) is 11.3 Å². The Labute approximate surface area is 200 Å². The summed E-state index contributed by atoms with van der Waals surface area (Å²) < 4.78 is 58.0. The molecule has 3 aromatic rings. The Morgan fingerprint density at radius 1 is 1.11 bits per heavy atom. The second kappa shape index (κ2) is 9.90. The van der Waals surface area contributed by atoms with Crippen molar-refractivity contribution < 1.29 is 26.7 Å². The highest BCUT2D eigenvalue weighted by Gasteiger charge is 2.26. The van der Waals surface area contributed by atoms with Crippen molar-refractivity contribution in [1.82, 2.24) is 14.3 Å². The zero-order valence-electron chi connectivity index (χ0n) is 18.6. The molecule has 184 valence electrons. The number of ether oxygens (including phenoxy) is 1. The predicted octanol–water partition coefficient (Wildman–Crippen LogP) is 2.01. The highest BCUT2D eigenvalue weighted by atomic mass is 32.2. The molecule has 0 unspecified atom stereocenters. The van der Waals surface area contributed by atoms with Gasteiger partial charge in [-0.05, 0) is 30.3 Å². The van der Waals surface area contributed by atoms with Crippen molar-refractivity contribution in [3.8, 4) is 17.0 Å². The zero-order valence-corrected chi connectivity index (χ0v) is 19.4. The molecule has 1 aromatic heterocycles. The number of anilines is 2. The zero-order chi connectivity index (χ0) is 25.2. The first-order chi connectivity index (χ1) is 16.7. The van der Waals surface area contributed by atoms with Crippen LogP contribution < -0.4 is 20.1 Å². The topological polar surface area (TPSA) is 131 Å². The van der Waals surface area contributed by atoms with E-state index in [1.807, 2.05) is 4.90 Å². The van der Waals surface area contributed by atoms with Crippen LogP contribution in [-0.4, -0.2) is 61.9 Å². The molecule has 3 N–H and O–H groups in total. The number of nitrogens with zero attached hydrogens (tertiary/aromatic N) is 4. The van der Waals surface area contributed by atoms with E-state index in [9.17, 15) is 22.0 Å². The number of benzene rings is 2. The van der Waals surface area contributed by atoms with E-state index in [0.29, 0.717) is 5.69 Å². The molecule has 2 aromatic carbocycles. The fraction of sp³-hybridized carbons (Fsp3) is 0.227. The molecule has 1 amide bonds. The number of rotatable bonds is 6. The van der Waals surface area contributed by atoms with Gasteiger partial charge >= 0.3 is 0 Å². The Bertz CT molecular complexity index is 1360. The lowest BCUT2D eigenvalue weighted by atomic mass is 10.1. The summed E-state index contributed by atoms with van der Waals surface area (Å²) in [6, 6.07) is 8.15. The predicted molar refractivity (Wildman–Crippen MR) is 125 cm³/mol. The van der Waals surface area contributed by atoms with Gasteiger partial charge in [-0.25, -0.2) is 18.9 Å². The Balaban J connectivity index is 1.59. The van der Waals surface area contributed by atoms with Crippen LogP contribution in [0.2, 0.25) is 0 Å². The molecule has 0 spiro atoms. The number of piperazine rings is 1. The van der Waals surface area contributed by atoms with Gasteiger partial charge in [0, 0.05) is 26.2 Å². The van der Waals surface area contributed by atoms with Gasteiger partial charge in [0.2, 0.25) is 0 Å². The summed E-state index contributed by atoms with van der Waals surface area (Å²) in [6.45, 7) is 0.851. The van der Waals surface area contributed by atoms with Crippen LogP contribution in [0.1, 0.15) is 10.5 Å². The van der Waals surface area contributed by atoms with Gasteiger partial charge in [0.05, 0.1) is 42.1 Å². The number of nitrogens with one attached hydrogen (secondary N) is 1. The van der Waals surface area contributed by atoms with E-state index in [0.717, 1.165) is 10.4 Å². The van der Waals surface area contributed by atoms with Gasteiger partial charge in [-0.1, -0.05) is 6.07 Å². The van der Waals surface area contributed by atoms with Crippen LogP contribution in [0, 0.1) is 11.6 Å². The van der Waals surface area contributed by atoms with E-state index in [-0.39, 0.29) is 54.6 Å². The van der Waals surface area contributed by atoms with Gasteiger partial charge in [0.15, 0.2) is 0 Å². The number of hydrogen-bond acceptors (Lipinski definition) is 7. The van der Waals surface area contributed by atoms with E-state index in [1.165, 1.54) is 43.8 Å². The molecular weight excluding hydrogens is 482 g/mol. The number of halogens is 2. The van der Waals surface area contributed by atoms with Crippen LogP contribution in [0.3, 0.4) is 0 Å². The minimum atomic E-state index is -3.81. The van der Waals surface area contributed by atoms with E-state index in [2.05, 4.69) is 15.3 Å². The van der Waals surface area contributed by atoms with Gasteiger partial charge in [-0.3, -0.25) is 9.78 Å². The van der Waals surface area contributed by atoms with Crippen LogP contribution in [-0.2, 0) is 10.2 Å². The fourth-order valence-corrected chi connectivity index (χ4v) is 4.45. The Morgan fingerprint density at radius 2 is 1.86 bits per heavy atom. The van der Waals surface area contributed by atoms with Crippen molar-refractivity contribution in [3.63, 3.8) is 0 Å². The molecular formula is C22H22F2N6O4S. The number of hydrogen-bond donors (Lipinski definition) is 2. The summed E-state index contributed by atoms with van der Waals surface area (Å²) in [5, 5.41) is 7.81. The number of nitrogens with two attached hydrogens (primary N) is 1. The molecule has 2 heterocycles. The van der Waals surface area contributed by atoms with E-state index in [4.69, 9.17) is 9.88 Å². The van der Waals surface area contributed by atoms with Crippen molar-refractivity contribution in [3.05, 3.63) is 66.1 Å². The van der Waals surface area contributed by atoms with Gasteiger partial charge in [-0.15, -0.1) is 0 Å². The van der Waals surface area contributed by atoms with Crippen molar-refractivity contribution in [2.75, 3.05) is 43.5 Å². The quantitative estimate of drug-likeness (QED) is 0.525. The molecule has 0 atom stereocenters. The minimum Gasteiger partial charge on any atom is -0.496 e. The van der Waals surface area contributed by atoms with Crippen molar-refractivity contribution >= 4 is 27.5 Å². The van der Waals surface area contributed by atoms with Crippen molar-refractivity contribution in [2.45, 2.75) is 0 Å². The smallest absolute Gasteiger partial charge is 0.277 e. The van der Waals surface area contributed by atoms with Gasteiger partial charge < -0.3 is 15.0 Å². The molecule has 13 heteroatoms. The minimum absolute atomic E-state index is 0.0521. The maximum Gasteiger partial charge on any atom is 0.277 e. The molecule has 0 bridgehead atoms. The van der Waals surface area contributed by atoms with Gasteiger partial charge in [0.25, 0.3) is 16.1 Å². The number of carbonyl (C=O) groups is 1. The molecule has 0 aliphatic carbocycles. The average Bonchev–Trinajstić information content (AvgIpc) is 2.83. The Kier molecular flexibility index (Phi) is 6.91. The van der Waals surface area contributed by atoms with Gasteiger partial charge in [-0.2, -0.15) is 12.7 Å². The summed E-state index contributed by atoms with van der Waals surface area (Å²) in [4.78, 5) is 23.0. The lowest BCUT2D eigenvalue weighted by molar-refractivity contribution is 0.102. The normalized spacial score (nSPS) is 14.6. The molecule has 1 aliphatic heterocycles. The van der Waals surface area contributed by atoms with Crippen LogP contribution in [0.5, 0.6) is 5.75 Å². The molecule has 0 saturated carbocycles. The Morgan fingerprint density at radius 3 is 2.54 bits per heavy atom. The third-order valence-electron chi connectivity index (χ3n) is 5.46. The highest BCUT2D eigenvalue weighted by molar-refractivity contribution is 7.86. The monoisotopic (exact) mass is 504 g/mol. The highest BCUT2D eigenvalue weighted by Crippen LogP contribution is 2.31. The fourth-order valence-electron chi connectivity index (χ4n) is 3.77. The summed E-state index contributed by atoms with van der Waals surface area (Å²) in [5.74, 6) is -1.64. The van der Waals surface area contributed by atoms with E-state index < -0.39 is 27.8 Å². The second-order valence-electron chi connectivity index (χ2n) is 7.65. The summed E-state index contributed by atoms with van der Waals surface area (Å²) >= 11 is 0. The number of methoxy groups -OCH3 is 1. The number of carbonyl (C=O) groups excluding carboxylic acids is 1. The lowest BCUT2D eigenvalue weighted by Gasteiger charge is -2.35. The summed E-state index contributed by atoms with van der Waals surface area (Å²) in [5.41, 5.74) is 0.674. The Hall–Kier alpha value is -3.68. The van der Waals surface area contributed by atoms with Crippen LogP contribution in [0.4, 0.5) is 20.2 Å². The van der Waals surface area contributed by atoms with Crippen molar-refractivity contribution in [2.24, 2.45) is 5.14 Å².